The first-order valence-corrected chi connectivity index (χ1v) is 9.46. The zero-order chi connectivity index (χ0) is 20.2. The molecule has 9 nitrogen and oxygen atoms in total. The van der Waals surface area contributed by atoms with E-state index in [9.17, 15) is 4.79 Å². The van der Waals surface area contributed by atoms with Gasteiger partial charge in [-0.3, -0.25) is 9.78 Å². The fraction of sp³-hybridized carbons (Fsp3) is 0.300. The third kappa shape index (κ3) is 4.45. The van der Waals surface area contributed by atoms with Crippen LogP contribution in [0.5, 0.6) is 0 Å². The lowest BCUT2D eigenvalue weighted by atomic mass is 10.2. The van der Waals surface area contributed by atoms with E-state index in [1.165, 1.54) is 6.20 Å². The van der Waals surface area contributed by atoms with Crippen LogP contribution in [-0.4, -0.2) is 62.1 Å². The molecule has 3 aromatic rings. The Hall–Kier alpha value is -3.62. The van der Waals surface area contributed by atoms with Gasteiger partial charge >= 0.3 is 0 Å². The second-order valence-corrected chi connectivity index (χ2v) is 6.89. The first kappa shape index (κ1) is 18.7. The largest absolute Gasteiger partial charge is 0.352 e. The molecule has 9 heteroatoms. The molecule has 0 spiro atoms. The highest BCUT2D eigenvalue weighted by atomic mass is 16.2. The van der Waals surface area contributed by atoms with Crippen LogP contribution in [0.2, 0.25) is 0 Å². The summed E-state index contributed by atoms with van der Waals surface area (Å²) in [6, 6.07) is 9.57. The van der Waals surface area contributed by atoms with Gasteiger partial charge in [-0.25, -0.2) is 9.97 Å². The van der Waals surface area contributed by atoms with Gasteiger partial charge < -0.3 is 15.1 Å². The molecule has 1 saturated heterocycles. The normalized spacial score (nSPS) is 14.0. The number of piperazine rings is 1. The number of hydrogen-bond donors (Lipinski definition) is 1. The molecule has 1 aliphatic heterocycles. The van der Waals surface area contributed by atoms with Gasteiger partial charge in [0.25, 0.3) is 5.91 Å². The fourth-order valence-electron chi connectivity index (χ4n) is 3.11. The maximum Gasteiger partial charge on any atom is 0.274 e. The van der Waals surface area contributed by atoms with Crippen molar-refractivity contribution < 1.29 is 4.79 Å². The van der Waals surface area contributed by atoms with E-state index in [2.05, 4.69) is 35.4 Å². The molecule has 3 aromatic heterocycles. The molecule has 0 aliphatic carbocycles. The molecule has 29 heavy (non-hydrogen) atoms. The van der Waals surface area contributed by atoms with E-state index < -0.39 is 0 Å². The molecular weight excluding hydrogens is 368 g/mol. The monoisotopic (exact) mass is 390 g/mol. The molecule has 0 saturated carbocycles. The van der Waals surface area contributed by atoms with Crippen LogP contribution in [0.25, 0.3) is 0 Å². The Labute approximate surface area is 168 Å². The summed E-state index contributed by atoms with van der Waals surface area (Å²) in [7, 11) is 0. The van der Waals surface area contributed by atoms with E-state index >= 15 is 0 Å². The maximum atomic E-state index is 12.6. The number of nitrogens with zero attached hydrogens (tertiary/aromatic N) is 7. The van der Waals surface area contributed by atoms with Gasteiger partial charge in [0.05, 0.1) is 11.9 Å². The number of aryl methyl sites for hydroxylation is 2. The van der Waals surface area contributed by atoms with E-state index in [1.54, 1.807) is 11.1 Å². The molecule has 0 atom stereocenters. The van der Waals surface area contributed by atoms with E-state index in [4.69, 9.17) is 0 Å². The molecule has 4 rings (SSSR count). The van der Waals surface area contributed by atoms with Crippen molar-refractivity contribution in [3.8, 4) is 0 Å². The molecule has 148 valence electrons. The summed E-state index contributed by atoms with van der Waals surface area (Å²) < 4.78 is 0. The van der Waals surface area contributed by atoms with Crippen molar-refractivity contribution in [3.63, 3.8) is 0 Å². The Morgan fingerprint density at radius 3 is 2.38 bits per heavy atom. The van der Waals surface area contributed by atoms with Crippen LogP contribution in [0, 0.1) is 13.8 Å². The summed E-state index contributed by atoms with van der Waals surface area (Å²) in [5.74, 6) is 2.07. The lowest BCUT2D eigenvalue weighted by Crippen LogP contribution is -2.49. The molecule has 0 aromatic carbocycles. The van der Waals surface area contributed by atoms with Crippen molar-refractivity contribution in [1.29, 1.82) is 0 Å². The minimum absolute atomic E-state index is 0.0894. The summed E-state index contributed by atoms with van der Waals surface area (Å²) in [4.78, 5) is 29.2. The van der Waals surface area contributed by atoms with Crippen LogP contribution < -0.4 is 10.2 Å². The van der Waals surface area contributed by atoms with Gasteiger partial charge in [0.15, 0.2) is 11.6 Å². The second-order valence-electron chi connectivity index (χ2n) is 6.89. The van der Waals surface area contributed by atoms with E-state index in [1.807, 2.05) is 44.2 Å². The molecule has 1 amide bonds. The Balaban J connectivity index is 1.34. The molecule has 1 aliphatic rings. The predicted molar refractivity (Wildman–Crippen MR) is 109 cm³/mol. The Morgan fingerprint density at radius 2 is 1.72 bits per heavy atom. The number of rotatable bonds is 4. The first-order valence-electron chi connectivity index (χ1n) is 9.46. The van der Waals surface area contributed by atoms with Crippen molar-refractivity contribution in [2.75, 3.05) is 36.4 Å². The Morgan fingerprint density at radius 1 is 0.897 bits per heavy atom. The zero-order valence-corrected chi connectivity index (χ0v) is 16.4. The standard InChI is InChI=1S/C20H22N8O/c1-14-4-3-5-17(23-14)24-18-6-7-19(26-25-18)27-8-10-28(11-9-27)20(29)16-13-21-15(2)12-22-16/h3-7,12-13H,8-11H2,1-2H3,(H,23,24,25). The van der Waals surface area contributed by atoms with Gasteiger partial charge in [0.1, 0.15) is 11.5 Å². The van der Waals surface area contributed by atoms with Crippen LogP contribution in [0.3, 0.4) is 0 Å². The van der Waals surface area contributed by atoms with E-state index in [0.717, 1.165) is 23.0 Å². The lowest BCUT2D eigenvalue weighted by Gasteiger charge is -2.34. The number of nitrogens with one attached hydrogen (secondary N) is 1. The van der Waals surface area contributed by atoms with Gasteiger partial charge in [0.2, 0.25) is 0 Å². The highest BCUT2D eigenvalue weighted by Crippen LogP contribution is 2.17. The number of carbonyl (C=O) groups is 1. The topological polar surface area (TPSA) is 100 Å². The lowest BCUT2D eigenvalue weighted by molar-refractivity contribution is 0.0740. The summed E-state index contributed by atoms with van der Waals surface area (Å²) in [5.41, 5.74) is 2.11. The van der Waals surface area contributed by atoms with E-state index in [-0.39, 0.29) is 5.91 Å². The number of anilines is 3. The van der Waals surface area contributed by atoms with Gasteiger partial charge in [-0.15, -0.1) is 10.2 Å². The number of pyridine rings is 1. The minimum atomic E-state index is -0.0894. The molecule has 1 fully saturated rings. The van der Waals surface area contributed by atoms with Crippen molar-refractivity contribution in [2.45, 2.75) is 13.8 Å². The van der Waals surface area contributed by atoms with Crippen molar-refractivity contribution in [1.82, 2.24) is 30.0 Å². The van der Waals surface area contributed by atoms with Gasteiger partial charge in [-0.2, -0.15) is 0 Å². The Kier molecular flexibility index (Phi) is 5.28. The molecule has 0 bridgehead atoms. The summed E-state index contributed by atoms with van der Waals surface area (Å²) in [6.07, 6.45) is 3.14. The average Bonchev–Trinajstić information content (AvgIpc) is 2.75. The summed E-state index contributed by atoms with van der Waals surface area (Å²) in [6.45, 7) is 6.36. The van der Waals surface area contributed by atoms with Crippen LogP contribution in [0.15, 0.2) is 42.7 Å². The highest BCUT2D eigenvalue weighted by Gasteiger charge is 2.24. The first-order chi connectivity index (χ1) is 14.1. The molecule has 1 N–H and O–H groups in total. The summed E-state index contributed by atoms with van der Waals surface area (Å²) in [5, 5.41) is 11.7. The number of hydrogen-bond acceptors (Lipinski definition) is 8. The van der Waals surface area contributed by atoms with E-state index in [0.29, 0.717) is 37.7 Å². The highest BCUT2D eigenvalue weighted by molar-refractivity contribution is 5.92. The van der Waals surface area contributed by atoms with Crippen LogP contribution in [-0.2, 0) is 0 Å². The SMILES string of the molecule is Cc1cnc(C(=O)N2CCN(c3ccc(Nc4cccc(C)n4)nn3)CC2)cn1. The number of amides is 1. The zero-order valence-electron chi connectivity index (χ0n) is 16.4. The minimum Gasteiger partial charge on any atom is -0.352 e. The van der Waals surface area contributed by atoms with Gasteiger partial charge in [-0.05, 0) is 38.1 Å². The quantitative estimate of drug-likeness (QED) is 0.722. The third-order valence-corrected chi connectivity index (χ3v) is 4.69. The fourth-order valence-corrected chi connectivity index (χ4v) is 3.11. The van der Waals surface area contributed by atoms with Crippen LogP contribution in [0.1, 0.15) is 21.9 Å². The predicted octanol–water partition coefficient (Wildman–Crippen LogP) is 1.98. The van der Waals surface area contributed by atoms with Gasteiger partial charge in [0, 0.05) is 38.1 Å². The summed E-state index contributed by atoms with van der Waals surface area (Å²) >= 11 is 0. The Bertz CT molecular complexity index is 982. The second kappa shape index (κ2) is 8.17. The van der Waals surface area contributed by atoms with Crippen molar-refractivity contribution in [2.24, 2.45) is 0 Å². The number of aromatic nitrogens is 5. The molecule has 4 heterocycles. The third-order valence-electron chi connectivity index (χ3n) is 4.69. The van der Waals surface area contributed by atoms with Crippen LogP contribution in [0.4, 0.5) is 17.5 Å². The maximum absolute atomic E-state index is 12.6. The van der Waals surface area contributed by atoms with Crippen molar-refractivity contribution in [3.05, 3.63) is 59.8 Å². The van der Waals surface area contributed by atoms with Crippen LogP contribution >= 0.6 is 0 Å². The van der Waals surface area contributed by atoms with Gasteiger partial charge in [-0.1, -0.05) is 6.07 Å². The average molecular weight is 390 g/mol. The number of carbonyl (C=O) groups excluding carboxylic acids is 1. The molecule has 0 unspecified atom stereocenters. The molecular formula is C20H22N8O. The smallest absolute Gasteiger partial charge is 0.274 e. The molecule has 0 radical (unpaired) electrons. The van der Waals surface area contributed by atoms with Crippen molar-refractivity contribution >= 4 is 23.4 Å².